The van der Waals surface area contributed by atoms with Crippen molar-refractivity contribution in [3.8, 4) is 22.6 Å². The van der Waals surface area contributed by atoms with Gasteiger partial charge in [-0.1, -0.05) is 53.2 Å². The van der Waals surface area contributed by atoms with Gasteiger partial charge in [-0.15, -0.1) is 0 Å². The number of rotatable bonds is 3. The molecule has 0 saturated carbocycles. The largest absolute Gasteiger partial charge is 0.391 e. The van der Waals surface area contributed by atoms with Gasteiger partial charge in [0.2, 0.25) is 0 Å². The maximum absolute atomic E-state index is 9.85. The first-order chi connectivity index (χ1) is 10.6. The number of aliphatic hydroxyl groups is 1. The van der Waals surface area contributed by atoms with Gasteiger partial charge in [-0.3, -0.25) is 0 Å². The lowest BCUT2D eigenvalue weighted by Gasteiger charge is -2.10. The average molecular weight is 293 g/mol. The first kappa shape index (κ1) is 14.5. The highest BCUT2D eigenvalue weighted by atomic mass is 16.5. The smallest absolute Gasteiger partial charge is 0.173 e. The molecule has 0 amide bonds. The van der Waals surface area contributed by atoms with Crippen molar-refractivity contribution in [2.45, 2.75) is 27.4 Å². The van der Waals surface area contributed by atoms with Gasteiger partial charge in [0.1, 0.15) is 5.69 Å². The third kappa shape index (κ3) is 2.44. The molecule has 0 saturated heterocycles. The Hall–Kier alpha value is -2.39. The lowest BCUT2D eigenvalue weighted by Crippen LogP contribution is -1.95. The average Bonchev–Trinajstić information content (AvgIpc) is 2.90. The van der Waals surface area contributed by atoms with Gasteiger partial charge in [0.15, 0.2) is 5.76 Å². The van der Waals surface area contributed by atoms with E-state index in [2.05, 4.69) is 38.1 Å². The minimum absolute atomic E-state index is 0.101. The van der Waals surface area contributed by atoms with E-state index < -0.39 is 0 Å². The van der Waals surface area contributed by atoms with Gasteiger partial charge >= 0.3 is 0 Å². The van der Waals surface area contributed by atoms with Crippen molar-refractivity contribution >= 4 is 0 Å². The molecule has 0 unspecified atom stereocenters. The fraction of sp³-hybridized carbons (Fsp3) is 0.211. The lowest BCUT2D eigenvalue weighted by molar-refractivity contribution is 0.281. The van der Waals surface area contributed by atoms with Gasteiger partial charge in [0, 0.05) is 11.1 Å². The second kappa shape index (κ2) is 5.78. The summed E-state index contributed by atoms with van der Waals surface area (Å²) in [5, 5.41) is 14.1. The van der Waals surface area contributed by atoms with E-state index in [1.165, 1.54) is 5.56 Å². The highest BCUT2D eigenvalue weighted by Gasteiger charge is 2.20. The van der Waals surface area contributed by atoms with Crippen LogP contribution < -0.4 is 0 Å². The monoisotopic (exact) mass is 293 g/mol. The van der Waals surface area contributed by atoms with Crippen LogP contribution in [0, 0.1) is 20.8 Å². The summed E-state index contributed by atoms with van der Waals surface area (Å²) in [5.74, 6) is 0.637. The number of benzene rings is 2. The summed E-state index contributed by atoms with van der Waals surface area (Å²) < 4.78 is 5.56. The predicted octanol–water partition coefficient (Wildman–Crippen LogP) is 4.43. The lowest BCUT2D eigenvalue weighted by atomic mass is 9.94. The molecule has 22 heavy (non-hydrogen) atoms. The Bertz CT molecular complexity index is 781. The zero-order valence-electron chi connectivity index (χ0n) is 13.1. The number of nitrogens with zero attached hydrogens (tertiary/aromatic N) is 1. The molecule has 3 heteroatoms. The van der Waals surface area contributed by atoms with Crippen molar-refractivity contribution in [2.75, 3.05) is 0 Å². The van der Waals surface area contributed by atoms with Crippen LogP contribution in [0.25, 0.3) is 22.6 Å². The van der Waals surface area contributed by atoms with Crippen molar-refractivity contribution in [3.05, 3.63) is 64.7 Å². The van der Waals surface area contributed by atoms with Crippen LogP contribution in [0.2, 0.25) is 0 Å². The Morgan fingerprint density at radius 1 is 1.00 bits per heavy atom. The maximum Gasteiger partial charge on any atom is 0.173 e. The Balaban J connectivity index is 2.20. The van der Waals surface area contributed by atoms with Crippen molar-refractivity contribution in [1.82, 2.24) is 5.16 Å². The molecule has 0 fully saturated rings. The van der Waals surface area contributed by atoms with Crippen molar-refractivity contribution < 1.29 is 9.63 Å². The van der Waals surface area contributed by atoms with E-state index in [-0.39, 0.29) is 6.61 Å². The summed E-state index contributed by atoms with van der Waals surface area (Å²) in [5.41, 5.74) is 6.93. The maximum atomic E-state index is 9.85. The number of hydrogen-bond donors (Lipinski definition) is 1. The van der Waals surface area contributed by atoms with Gasteiger partial charge < -0.3 is 9.63 Å². The van der Waals surface area contributed by atoms with Crippen LogP contribution in [0.3, 0.4) is 0 Å². The highest BCUT2D eigenvalue weighted by molar-refractivity contribution is 5.76. The summed E-state index contributed by atoms with van der Waals surface area (Å²) in [7, 11) is 0. The molecule has 0 aliphatic carbocycles. The summed E-state index contributed by atoms with van der Waals surface area (Å²) in [6.07, 6.45) is 0. The second-order valence-electron chi connectivity index (χ2n) is 5.64. The van der Waals surface area contributed by atoms with E-state index in [0.29, 0.717) is 5.76 Å². The van der Waals surface area contributed by atoms with Crippen LogP contribution in [0.4, 0.5) is 0 Å². The van der Waals surface area contributed by atoms with Gasteiger partial charge in [-0.2, -0.15) is 0 Å². The Labute approximate surface area is 130 Å². The molecule has 1 heterocycles. The topological polar surface area (TPSA) is 46.3 Å². The van der Waals surface area contributed by atoms with Crippen LogP contribution in [0.1, 0.15) is 22.3 Å². The zero-order valence-corrected chi connectivity index (χ0v) is 13.1. The molecule has 0 atom stereocenters. The molecule has 2 aromatic carbocycles. The normalized spacial score (nSPS) is 10.9. The summed E-state index contributed by atoms with van der Waals surface area (Å²) in [4.78, 5) is 0. The molecule has 0 radical (unpaired) electrons. The fourth-order valence-corrected chi connectivity index (χ4v) is 3.02. The first-order valence-corrected chi connectivity index (χ1v) is 7.35. The Kier molecular flexibility index (Phi) is 3.82. The third-order valence-corrected chi connectivity index (χ3v) is 3.90. The molecule has 0 aliphatic heterocycles. The minimum Gasteiger partial charge on any atom is -0.391 e. The molecule has 3 aromatic rings. The van der Waals surface area contributed by atoms with E-state index in [9.17, 15) is 5.11 Å². The van der Waals surface area contributed by atoms with Crippen LogP contribution >= 0.6 is 0 Å². The molecule has 1 N–H and O–H groups in total. The van der Waals surface area contributed by atoms with Crippen LogP contribution in [0.15, 0.2) is 47.0 Å². The van der Waals surface area contributed by atoms with E-state index >= 15 is 0 Å². The number of aryl methyl sites for hydroxylation is 3. The SMILES string of the molecule is Cc1cc(C)c(-c2noc(-c3ccccc3)c2CO)c(C)c1. The van der Waals surface area contributed by atoms with E-state index in [1.54, 1.807) is 0 Å². The van der Waals surface area contributed by atoms with Crippen molar-refractivity contribution in [3.63, 3.8) is 0 Å². The Morgan fingerprint density at radius 3 is 2.23 bits per heavy atom. The van der Waals surface area contributed by atoms with E-state index in [0.717, 1.165) is 33.5 Å². The second-order valence-corrected chi connectivity index (χ2v) is 5.64. The third-order valence-electron chi connectivity index (χ3n) is 3.90. The molecule has 1 aromatic heterocycles. The molecular weight excluding hydrogens is 274 g/mol. The van der Waals surface area contributed by atoms with Crippen LogP contribution in [-0.4, -0.2) is 10.3 Å². The zero-order chi connectivity index (χ0) is 15.7. The quantitative estimate of drug-likeness (QED) is 0.777. The van der Waals surface area contributed by atoms with Gasteiger partial charge in [0.05, 0.1) is 12.2 Å². The molecule has 0 aliphatic rings. The van der Waals surface area contributed by atoms with Crippen LogP contribution in [0.5, 0.6) is 0 Å². The molecular formula is C19H19NO2. The Morgan fingerprint density at radius 2 is 1.64 bits per heavy atom. The van der Waals surface area contributed by atoms with Gasteiger partial charge in [-0.25, -0.2) is 0 Å². The molecule has 112 valence electrons. The predicted molar refractivity (Wildman–Crippen MR) is 87.5 cm³/mol. The van der Waals surface area contributed by atoms with Crippen molar-refractivity contribution in [1.29, 1.82) is 0 Å². The molecule has 3 rings (SSSR count). The fourth-order valence-electron chi connectivity index (χ4n) is 3.02. The molecule has 0 spiro atoms. The minimum atomic E-state index is -0.101. The highest BCUT2D eigenvalue weighted by Crippen LogP contribution is 2.35. The summed E-state index contributed by atoms with van der Waals surface area (Å²) in [6.45, 7) is 6.10. The van der Waals surface area contributed by atoms with Gasteiger partial charge in [0.25, 0.3) is 0 Å². The van der Waals surface area contributed by atoms with Crippen LogP contribution in [-0.2, 0) is 6.61 Å². The van der Waals surface area contributed by atoms with Gasteiger partial charge in [-0.05, 0) is 31.9 Å². The summed E-state index contributed by atoms with van der Waals surface area (Å²) >= 11 is 0. The van der Waals surface area contributed by atoms with Crippen molar-refractivity contribution in [2.24, 2.45) is 0 Å². The first-order valence-electron chi connectivity index (χ1n) is 7.35. The standard InChI is InChI=1S/C19H19NO2/c1-12-9-13(2)17(14(3)10-12)18-16(11-21)19(22-20-18)15-7-5-4-6-8-15/h4-10,21H,11H2,1-3H3. The molecule has 3 nitrogen and oxygen atoms in total. The molecule has 0 bridgehead atoms. The number of aliphatic hydroxyl groups excluding tert-OH is 1. The van der Waals surface area contributed by atoms with E-state index in [4.69, 9.17) is 4.52 Å². The van der Waals surface area contributed by atoms with E-state index in [1.807, 2.05) is 30.3 Å². The number of aromatic nitrogens is 1. The summed E-state index contributed by atoms with van der Waals surface area (Å²) in [6, 6.07) is 14.0. The number of hydrogen-bond acceptors (Lipinski definition) is 3.